The largest absolute Gasteiger partial charge is 0.445 e. The molecule has 86 valence electrons. The summed E-state index contributed by atoms with van der Waals surface area (Å²) in [6.45, 7) is 7.23. The molecule has 1 aliphatic carbocycles. The van der Waals surface area contributed by atoms with E-state index in [0.717, 1.165) is 11.9 Å². The average Bonchev–Trinajstić information content (AvgIpc) is 3.04. The Kier molecular flexibility index (Phi) is 4.05. The number of hydrogen-bond donors (Lipinski definition) is 1. The van der Waals surface area contributed by atoms with Crippen LogP contribution in [-0.4, -0.2) is 24.5 Å². The standard InChI is InChI=1S/C12H15NO3/c1-3-5-10(4-2)8-16-11(15)13-12(9-14)6-7-12/h3-5,9H,1-2,6-8H2,(H,13,15)/b10-5+. The molecular weight excluding hydrogens is 206 g/mol. The van der Waals surface area contributed by atoms with Crippen LogP contribution >= 0.6 is 0 Å². The molecule has 1 rings (SSSR count). The van der Waals surface area contributed by atoms with Gasteiger partial charge in [0.05, 0.1) is 5.54 Å². The number of rotatable bonds is 6. The highest BCUT2D eigenvalue weighted by molar-refractivity contribution is 5.79. The average molecular weight is 221 g/mol. The Bertz CT molecular complexity index is 340. The van der Waals surface area contributed by atoms with E-state index in [4.69, 9.17) is 4.74 Å². The maximum Gasteiger partial charge on any atom is 0.408 e. The van der Waals surface area contributed by atoms with Gasteiger partial charge in [-0.05, 0) is 18.4 Å². The van der Waals surface area contributed by atoms with Crippen LogP contribution in [0.2, 0.25) is 0 Å². The highest BCUT2D eigenvalue weighted by Gasteiger charge is 2.44. The van der Waals surface area contributed by atoms with Gasteiger partial charge in [0.1, 0.15) is 12.9 Å². The van der Waals surface area contributed by atoms with Gasteiger partial charge in [-0.3, -0.25) is 0 Å². The monoisotopic (exact) mass is 221 g/mol. The Morgan fingerprint density at radius 3 is 2.56 bits per heavy atom. The molecule has 1 amide bonds. The molecule has 0 radical (unpaired) electrons. The predicted molar refractivity (Wildman–Crippen MR) is 61.0 cm³/mol. The number of nitrogens with one attached hydrogen (secondary N) is 1. The molecule has 0 unspecified atom stereocenters. The first-order valence-corrected chi connectivity index (χ1v) is 5.01. The fourth-order valence-electron chi connectivity index (χ4n) is 1.12. The van der Waals surface area contributed by atoms with Crippen molar-refractivity contribution >= 4 is 12.4 Å². The summed E-state index contributed by atoms with van der Waals surface area (Å²) in [5.41, 5.74) is 0.0780. The molecule has 0 aromatic carbocycles. The van der Waals surface area contributed by atoms with Gasteiger partial charge >= 0.3 is 6.09 Å². The van der Waals surface area contributed by atoms with Gasteiger partial charge in [0.25, 0.3) is 0 Å². The Morgan fingerprint density at radius 1 is 1.44 bits per heavy atom. The second kappa shape index (κ2) is 5.30. The number of alkyl carbamates (subject to hydrolysis) is 1. The molecule has 0 spiro atoms. The minimum absolute atomic E-state index is 0.121. The lowest BCUT2D eigenvalue weighted by Gasteiger charge is -2.10. The molecule has 4 nitrogen and oxygen atoms in total. The first-order chi connectivity index (χ1) is 7.65. The Hall–Kier alpha value is -1.84. The van der Waals surface area contributed by atoms with E-state index in [1.807, 2.05) is 0 Å². The number of aldehydes is 1. The lowest BCUT2D eigenvalue weighted by atomic mass is 10.2. The van der Waals surface area contributed by atoms with Crippen molar-refractivity contribution in [3.63, 3.8) is 0 Å². The summed E-state index contributed by atoms with van der Waals surface area (Å²) < 4.78 is 4.93. The van der Waals surface area contributed by atoms with Gasteiger partial charge in [0.15, 0.2) is 0 Å². The third-order valence-corrected chi connectivity index (χ3v) is 2.33. The maximum absolute atomic E-state index is 11.3. The molecule has 16 heavy (non-hydrogen) atoms. The maximum atomic E-state index is 11.3. The van der Waals surface area contributed by atoms with Crippen molar-refractivity contribution in [1.82, 2.24) is 5.32 Å². The van der Waals surface area contributed by atoms with Crippen LogP contribution in [-0.2, 0) is 9.53 Å². The molecule has 1 N–H and O–H groups in total. The number of hydrogen-bond acceptors (Lipinski definition) is 3. The minimum atomic E-state index is -0.673. The van der Waals surface area contributed by atoms with Gasteiger partial charge in [-0.2, -0.15) is 0 Å². The van der Waals surface area contributed by atoms with Crippen LogP contribution in [0.5, 0.6) is 0 Å². The van der Waals surface area contributed by atoms with Gasteiger partial charge in [0.2, 0.25) is 0 Å². The van der Waals surface area contributed by atoms with E-state index in [-0.39, 0.29) is 6.61 Å². The molecular formula is C12H15NO3. The molecule has 1 aliphatic rings. The molecule has 0 heterocycles. The van der Waals surface area contributed by atoms with Gasteiger partial charge < -0.3 is 14.8 Å². The van der Waals surface area contributed by atoms with Crippen LogP contribution in [0.1, 0.15) is 12.8 Å². The summed E-state index contributed by atoms with van der Waals surface area (Å²) in [5, 5.41) is 2.52. The first-order valence-electron chi connectivity index (χ1n) is 5.01. The fourth-order valence-corrected chi connectivity index (χ4v) is 1.12. The van der Waals surface area contributed by atoms with Crippen molar-refractivity contribution in [2.24, 2.45) is 0 Å². The van der Waals surface area contributed by atoms with E-state index in [9.17, 15) is 9.59 Å². The van der Waals surface area contributed by atoms with Crippen LogP contribution in [0, 0.1) is 0 Å². The molecule has 1 saturated carbocycles. The number of ether oxygens (including phenoxy) is 1. The topological polar surface area (TPSA) is 55.4 Å². The van der Waals surface area contributed by atoms with Crippen LogP contribution in [0.15, 0.2) is 37.0 Å². The minimum Gasteiger partial charge on any atom is -0.445 e. The summed E-state index contributed by atoms with van der Waals surface area (Å²) >= 11 is 0. The van der Waals surface area contributed by atoms with Gasteiger partial charge in [0, 0.05) is 0 Å². The summed E-state index contributed by atoms with van der Waals surface area (Å²) in [6.07, 6.45) is 6.41. The van der Waals surface area contributed by atoms with E-state index in [1.165, 1.54) is 0 Å². The summed E-state index contributed by atoms with van der Waals surface area (Å²) in [6, 6.07) is 0. The normalized spacial score (nSPS) is 17.1. The third-order valence-electron chi connectivity index (χ3n) is 2.33. The van der Waals surface area contributed by atoms with E-state index in [0.29, 0.717) is 12.8 Å². The van der Waals surface area contributed by atoms with Gasteiger partial charge in [-0.25, -0.2) is 4.79 Å². The SMILES string of the molecule is C=C/C=C(\C=C)COC(=O)NC1(C=O)CC1. The summed E-state index contributed by atoms with van der Waals surface area (Å²) in [5.74, 6) is 0. The van der Waals surface area contributed by atoms with Gasteiger partial charge in [-0.15, -0.1) is 0 Å². The Balaban J connectivity index is 2.35. The highest BCUT2D eigenvalue weighted by atomic mass is 16.5. The smallest absolute Gasteiger partial charge is 0.408 e. The lowest BCUT2D eigenvalue weighted by Crippen LogP contribution is -2.38. The zero-order valence-corrected chi connectivity index (χ0v) is 9.07. The molecule has 1 fully saturated rings. The van der Waals surface area contributed by atoms with Gasteiger partial charge in [-0.1, -0.05) is 31.4 Å². The molecule has 0 saturated heterocycles. The second-order valence-electron chi connectivity index (χ2n) is 3.66. The van der Waals surface area contributed by atoms with Crippen LogP contribution in [0.4, 0.5) is 4.79 Å². The zero-order valence-electron chi connectivity index (χ0n) is 9.07. The lowest BCUT2D eigenvalue weighted by molar-refractivity contribution is -0.110. The number of carbonyl (C=O) groups excluding carboxylic acids is 2. The molecule has 0 bridgehead atoms. The van der Waals surface area contributed by atoms with Crippen molar-refractivity contribution in [2.45, 2.75) is 18.4 Å². The van der Waals surface area contributed by atoms with E-state index in [2.05, 4.69) is 18.5 Å². The van der Waals surface area contributed by atoms with Crippen molar-refractivity contribution < 1.29 is 14.3 Å². The van der Waals surface area contributed by atoms with Crippen LogP contribution in [0.3, 0.4) is 0 Å². The highest BCUT2D eigenvalue weighted by Crippen LogP contribution is 2.32. The Labute approximate surface area is 94.7 Å². The molecule has 0 aromatic heterocycles. The molecule has 0 atom stereocenters. The van der Waals surface area contributed by atoms with Crippen molar-refractivity contribution in [1.29, 1.82) is 0 Å². The second-order valence-corrected chi connectivity index (χ2v) is 3.66. The number of amides is 1. The van der Waals surface area contributed by atoms with Crippen molar-refractivity contribution in [3.8, 4) is 0 Å². The van der Waals surface area contributed by atoms with E-state index < -0.39 is 11.6 Å². The summed E-state index contributed by atoms with van der Waals surface area (Å²) in [4.78, 5) is 21.9. The van der Waals surface area contributed by atoms with Crippen molar-refractivity contribution in [3.05, 3.63) is 37.0 Å². The third kappa shape index (κ3) is 3.38. The Morgan fingerprint density at radius 2 is 2.12 bits per heavy atom. The fraction of sp³-hybridized carbons (Fsp3) is 0.333. The molecule has 0 aromatic rings. The number of carbonyl (C=O) groups is 2. The van der Waals surface area contributed by atoms with E-state index in [1.54, 1.807) is 18.2 Å². The molecule has 4 heteroatoms. The quantitative estimate of drug-likeness (QED) is 0.549. The van der Waals surface area contributed by atoms with Crippen LogP contribution in [0.25, 0.3) is 0 Å². The predicted octanol–water partition coefficient (Wildman–Crippen LogP) is 1.74. The molecule has 0 aliphatic heterocycles. The van der Waals surface area contributed by atoms with Crippen LogP contribution < -0.4 is 5.32 Å². The number of allylic oxidation sites excluding steroid dienone is 2. The van der Waals surface area contributed by atoms with E-state index >= 15 is 0 Å². The van der Waals surface area contributed by atoms with Crippen molar-refractivity contribution in [2.75, 3.05) is 6.61 Å². The zero-order chi connectivity index (χ0) is 12.0. The summed E-state index contributed by atoms with van der Waals surface area (Å²) in [7, 11) is 0. The first kappa shape index (κ1) is 12.2.